The number of rotatable bonds is 2. The van der Waals surface area contributed by atoms with Gasteiger partial charge in [0, 0.05) is 5.69 Å². The number of aromatic nitrogens is 1. The largest absolute Gasteiger partial charge is 0.307 e. The molecule has 4 heteroatoms. The van der Waals surface area contributed by atoms with E-state index in [1.165, 1.54) is 0 Å². The molecule has 0 aliphatic rings. The predicted octanol–water partition coefficient (Wildman–Crippen LogP) is 3.30. The molecule has 2 aromatic rings. The average molecular weight is 247 g/mol. The van der Waals surface area contributed by atoms with Crippen molar-refractivity contribution >= 4 is 23.3 Å². The molecule has 0 aliphatic carbocycles. The van der Waals surface area contributed by atoms with E-state index < -0.39 is 0 Å². The molecule has 0 atom stereocenters. The highest BCUT2D eigenvalue weighted by atomic mass is 35.5. The third kappa shape index (κ3) is 2.82. The number of pyridine rings is 1. The number of amides is 1. The summed E-state index contributed by atoms with van der Waals surface area (Å²) < 4.78 is 0. The molecule has 2 rings (SSSR count). The zero-order valence-electron chi connectivity index (χ0n) is 9.27. The molecule has 0 radical (unpaired) electrons. The van der Waals surface area contributed by atoms with Crippen LogP contribution in [0.5, 0.6) is 0 Å². The topological polar surface area (TPSA) is 42.0 Å². The Labute approximate surface area is 104 Å². The number of benzene rings is 1. The summed E-state index contributed by atoms with van der Waals surface area (Å²) in [6.07, 6.45) is 0. The van der Waals surface area contributed by atoms with E-state index in [4.69, 9.17) is 11.6 Å². The third-order valence-electron chi connectivity index (χ3n) is 2.25. The van der Waals surface area contributed by atoms with Gasteiger partial charge in [0.05, 0.1) is 10.6 Å². The van der Waals surface area contributed by atoms with Gasteiger partial charge >= 0.3 is 0 Å². The van der Waals surface area contributed by atoms with Crippen molar-refractivity contribution in [3.63, 3.8) is 0 Å². The molecule has 0 spiro atoms. The van der Waals surface area contributed by atoms with Gasteiger partial charge in [-0.05, 0) is 31.2 Å². The number of nitrogens with one attached hydrogen (secondary N) is 1. The van der Waals surface area contributed by atoms with Crippen LogP contribution >= 0.6 is 11.6 Å². The number of aryl methyl sites for hydroxylation is 1. The summed E-state index contributed by atoms with van der Waals surface area (Å²) in [5, 5.41) is 3.13. The summed E-state index contributed by atoms with van der Waals surface area (Å²) in [6.45, 7) is 1.87. The number of hydrogen-bond acceptors (Lipinski definition) is 2. The van der Waals surface area contributed by atoms with Crippen LogP contribution in [-0.4, -0.2) is 10.9 Å². The summed E-state index contributed by atoms with van der Waals surface area (Å²) in [5.74, 6) is 0.267. The van der Waals surface area contributed by atoms with Crippen LogP contribution in [0, 0.1) is 6.92 Å². The van der Waals surface area contributed by atoms with Gasteiger partial charge in [0.15, 0.2) is 0 Å². The second-order valence-electron chi connectivity index (χ2n) is 3.60. The number of nitrogens with zero attached hydrogens (tertiary/aromatic N) is 1. The molecule has 1 heterocycles. The molecule has 0 aliphatic heterocycles. The van der Waals surface area contributed by atoms with E-state index in [1.807, 2.05) is 19.1 Å². The Morgan fingerprint density at radius 2 is 1.94 bits per heavy atom. The Balaban J connectivity index is 2.20. The molecule has 1 aromatic carbocycles. The highest BCUT2D eigenvalue weighted by Gasteiger charge is 2.09. The molecule has 0 fully saturated rings. The quantitative estimate of drug-likeness (QED) is 0.884. The molecule has 86 valence electrons. The van der Waals surface area contributed by atoms with Gasteiger partial charge in [0.2, 0.25) is 0 Å². The minimum absolute atomic E-state index is 0.256. The maximum absolute atomic E-state index is 11.9. The normalized spacial score (nSPS) is 10.0. The van der Waals surface area contributed by atoms with E-state index in [0.29, 0.717) is 16.4 Å². The zero-order valence-corrected chi connectivity index (χ0v) is 10.0. The lowest BCUT2D eigenvalue weighted by Crippen LogP contribution is -2.13. The third-order valence-corrected chi connectivity index (χ3v) is 2.58. The molecular formula is C13H11ClN2O. The molecule has 17 heavy (non-hydrogen) atoms. The zero-order chi connectivity index (χ0) is 12.3. The Morgan fingerprint density at radius 1 is 1.18 bits per heavy atom. The maximum atomic E-state index is 11.9. The van der Waals surface area contributed by atoms with Crippen molar-refractivity contribution in [2.75, 3.05) is 5.32 Å². The lowest BCUT2D eigenvalue weighted by atomic mass is 10.2. The fraction of sp³-hybridized carbons (Fsp3) is 0.0769. The van der Waals surface area contributed by atoms with Gasteiger partial charge in [-0.15, -0.1) is 0 Å². The van der Waals surface area contributed by atoms with Crippen LogP contribution < -0.4 is 5.32 Å². The molecule has 1 N–H and O–H groups in total. The van der Waals surface area contributed by atoms with Crippen molar-refractivity contribution < 1.29 is 4.79 Å². The lowest BCUT2D eigenvalue weighted by molar-refractivity contribution is 0.102. The van der Waals surface area contributed by atoms with Crippen molar-refractivity contribution in [3.05, 3.63) is 58.7 Å². The molecule has 0 saturated carbocycles. The first-order valence-corrected chi connectivity index (χ1v) is 5.54. The van der Waals surface area contributed by atoms with Crippen molar-refractivity contribution in [3.8, 4) is 0 Å². The lowest BCUT2D eigenvalue weighted by Gasteiger charge is -2.06. The first kappa shape index (κ1) is 11.6. The van der Waals surface area contributed by atoms with Gasteiger partial charge in [-0.1, -0.05) is 29.8 Å². The minimum Gasteiger partial charge on any atom is -0.307 e. The van der Waals surface area contributed by atoms with Crippen molar-refractivity contribution in [1.29, 1.82) is 0 Å². The van der Waals surface area contributed by atoms with Gasteiger partial charge < -0.3 is 5.32 Å². The van der Waals surface area contributed by atoms with Crippen LogP contribution in [0.15, 0.2) is 42.5 Å². The van der Waals surface area contributed by atoms with E-state index >= 15 is 0 Å². The van der Waals surface area contributed by atoms with Gasteiger partial charge in [0.25, 0.3) is 5.91 Å². The van der Waals surface area contributed by atoms with E-state index in [9.17, 15) is 4.79 Å². The van der Waals surface area contributed by atoms with E-state index in [-0.39, 0.29) is 5.91 Å². The predicted molar refractivity (Wildman–Crippen MR) is 68.4 cm³/mol. The Morgan fingerprint density at radius 3 is 2.65 bits per heavy atom. The van der Waals surface area contributed by atoms with Crippen LogP contribution in [0.2, 0.25) is 5.02 Å². The van der Waals surface area contributed by atoms with Crippen molar-refractivity contribution in [2.45, 2.75) is 6.92 Å². The van der Waals surface area contributed by atoms with Crippen LogP contribution in [0.1, 0.15) is 16.1 Å². The van der Waals surface area contributed by atoms with Gasteiger partial charge in [-0.2, -0.15) is 0 Å². The summed E-state index contributed by atoms with van der Waals surface area (Å²) >= 11 is 5.94. The first-order chi connectivity index (χ1) is 8.16. The molecule has 1 amide bonds. The van der Waals surface area contributed by atoms with Gasteiger partial charge in [0.1, 0.15) is 5.82 Å². The van der Waals surface area contributed by atoms with Crippen molar-refractivity contribution in [2.24, 2.45) is 0 Å². The van der Waals surface area contributed by atoms with Crippen LogP contribution in [0.3, 0.4) is 0 Å². The summed E-state index contributed by atoms with van der Waals surface area (Å²) in [4.78, 5) is 16.1. The SMILES string of the molecule is Cc1cccc(NC(=O)c2ccccc2Cl)n1. The van der Waals surface area contributed by atoms with Crippen LogP contribution in [0.25, 0.3) is 0 Å². The fourth-order valence-corrected chi connectivity index (χ4v) is 1.66. The van der Waals surface area contributed by atoms with Gasteiger partial charge in [-0.25, -0.2) is 4.98 Å². The number of carbonyl (C=O) groups excluding carboxylic acids is 1. The molecule has 0 bridgehead atoms. The Hall–Kier alpha value is -1.87. The summed E-state index contributed by atoms with van der Waals surface area (Å²) in [5.41, 5.74) is 1.29. The molecule has 0 unspecified atom stereocenters. The minimum atomic E-state index is -0.256. The van der Waals surface area contributed by atoms with Gasteiger partial charge in [-0.3, -0.25) is 4.79 Å². The number of carbonyl (C=O) groups is 1. The van der Waals surface area contributed by atoms with E-state index in [2.05, 4.69) is 10.3 Å². The summed E-state index contributed by atoms with van der Waals surface area (Å²) in [6, 6.07) is 12.3. The molecular weight excluding hydrogens is 236 g/mol. The smallest absolute Gasteiger partial charge is 0.258 e. The van der Waals surface area contributed by atoms with Crippen LogP contribution in [-0.2, 0) is 0 Å². The first-order valence-electron chi connectivity index (χ1n) is 5.16. The highest BCUT2D eigenvalue weighted by Crippen LogP contribution is 2.16. The fourth-order valence-electron chi connectivity index (χ4n) is 1.44. The maximum Gasteiger partial charge on any atom is 0.258 e. The standard InChI is InChI=1S/C13H11ClN2O/c1-9-5-4-8-12(15-9)16-13(17)10-6-2-3-7-11(10)14/h2-8H,1H3,(H,15,16,17). The van der Waals surface area contributed by atoms with E-state index in [1.54, 1.807) is 30.3 Å². The molecule has 3 nitrogen and oxygen atoms in total. The molecule has 1 aromatic heterocycles. The highest BCUT2D eigenvalue weighted by molar-refractivity contribution is 6.34. The Bertz CT molecular complexity index is 555. The van der Waals surface area contributed by atoms with E-state index in [0.717, 1.165) is 5.69 Å². The van der Waals surface area contributed by atoms with Crippen molar-refractivity contribution in [1.82, 2.24) is 4.98 Å². The van der Waals surface area contributed by atoms with Crippen LogP contribution in [0.4, 0.5) is 5.82 Å². The second kappa shape index (κ2) is 4.97. The molecule has 0 saturated heterocycles. The average Bonchev–Trinajstić information content (AvgIpc) is 2.29. The monoisotopic (exact) mass is 246 g/mol. The summed E-state index contributed by atoms with van der Waals surface area (Å²) in [7, 11) is 0. The Kier molecular flexibility index (Phi) is 3.40. The number of anilines is 1. The number of halogens is 1. The number of hydrogen-bond donors (Lipinski definition) is 1. The second-order valence-corrected chi connectivity index (χ2v) is 4.01.